The Morgan fingerprint density at radius 1 is 1.23 bits per heavy atom. The van der Waals surface area contributed by atoms with Gasteiger partial charge >= 0.3 is 10.7 Å². The van der Waals surface area contributed by atoms with Crippen molar-refractivity contribution in [2.24, 2.45) is 5.41 Å². The highest BCUT2D eigenvalue weighted by atomic mass is 79.9. The molecule has 0 bridgehead atoms. The zero-order valence-electron chi connectivity index (χ0n) is 12.8. The summed E-state index contributed by atoms with van der Waals surface area (Å²) in [5.74, 6) is -0.816. The summed E-state index contributed by atoms with van der Waals surface area (Å²) in [6.07, 6.45) is 0. The Bertz CT molecular complexity index is 543. The molecule has 0 saturated carbocycles. The predicted molar refractivity (Wildman–Crippen MR) is 86.2 cm³/mol. The second-order valence-corrected chi connectivity index (χ2v) is 6.81. The minimum Gasteiger partial charge on any atom is -0.437 e. The van der Waals surface area contributed by atoms with E-state index in [4.69, 9.17) is 25.8 Å². The lowest BCUT2D eigenvalue weighted by molar-refractivity contribution is -0.181. The Kier molecular flexibility index (Phi) is 6.40. The number of hydrogen-bond donors (Lipinski definition) is 0. The minimum atomic E-state index is -1.94. The Morgan fingerprint density at radius 3 is 2.23 bits per heavy atom. The topological polar surface area (TPSA) is 61.8 Å². The molecule has 1 aromatic carbocycles. The van der Waals surface area contributed by atoms with E-state index in [-0.39, 0.29) is 6.61 Å². The van der Waals surface area contributed by atoms with Crippen molar-refractivity contribution in [1.82, 2.24) is 0 Å². The third kappa shape index (κ3) is 4.97. The van der Waals surface area contributed by atoms with E-state index in [1.165, 1.54) is 14.0 Å². The molecular weight excluding hydrogens is 376 g/mol. The van der Waals surface area contributed by atoms with E-state index >= 15 is 0 Å². The van der Waals surface area contributed by atoms with Crippen molar-refractivity contribution in [3.8, 4) is 5.75 Å². The summed E-state index contributed by atoms with van der Waals surface area (Å²) in [5.41, 5.74) is -0.930. The lowest BCUT2D eigenvalue weighted by atomic mass is 9.88. The average Bonchev–Trinajstić information content (AvgIpc) is 2.39. The van der Waals surface area contributed by atoms with Crippen LogP contribution in [0.1, 0.15) is 20.8 Å². The number of ketones is 1. The molecule has 1 atom stereocenters. The SMILES string of the molecule is COCC(C)(C)C(=O)C(Br)(OC(C)=O)Oc1ccc(Cl)cc1. The van der Waals surface area contributed by atoms with Gasteiger partial charge in [-0.15, -0.1) is 0 Å². The number of hydrogen-bond acceptors (Lipinski definition) is 5. The van der Waals surface area contributed by atoms with Crippen LogP contribution in [0.25, 0.3) is 0 Å². The first kappa shape index (κ1) is 18.9. The van der Waals surface area contributed by atoms with E-state index in [9.17, 15) is 9.59 Å². The van der Waals surface area contributed by atoms with E-state index in [0.29, 0.717) is 10.8 Å². The number of carbonyl (C=O) groups excluding carboxylic acids is 2. The summed E-state index contributed by atoms with van der Waals surface area (Å²) in [5, 5.41) is 0.519. The fourth-order valence-corrected chi connectivity index (χ4v) is 2.86. The van der Waals surface area contributed by atoms with Gasteiger partial charge in [0, 0.05) is 35.0 Å². The molecule has 0 aliphatic rings. The van der Waals surface area contributed by atoms with Crippen LogP contribution in [0.3, 0.4) is 0 Å². The number of halogens is 2. The predicted octanol–water partition coefficient (Wildman–Crippen LogP) is 3.57. The van der Waals surface area contributed by atoms with E-state index in [1.54, 1.807) is 38.1 Å². The molecule has 122 valence electrons. The quantitative estimate of drug-likeness (QED) is 0.402. The highest BCUT2D eigenvalue weighted by Crippen LogP contribution is 2.34. The van der Waals surface area contributed by atoms with Crippen LogP contribution in [-0.4, -0.2) is 30.2 Å². The molecule has 0 aliphatic carbocycles. The van der Waals surface area contributed by atoms with Crippen LogP contribution >= 0.6 is 27.5 Å². The summed E-state index contributed by atoms with van der Waals surface area (Å²) in [6.45, 7) is 4.68. The normalized spacial score (nSPS) is 14.1. The zero-order valence-corrected chi connectivity index (χ0v) is 15.2. The molecule has 0 amide bonds. The van der Waals surface area contributed by atoms with Gasteiger partial charge in [-0.3, -0.25) is 9.59 Å². The van der Waals surface area contributed by atoms with Crippen molar-refractivity contribution in [3.63, 3.8) is 0 Å². The maximum atomic E-state index is 12.7. The Morgan fingerprint density at radius 2 is 1.77 bits per heavy atom. The summed E-state index contributed by atoms with van der Waals surface area (Å²) in [4.78, 5) is 24.1. The molecule has 1 aromatic rings. The lowest BCUT2D eigenvalue weighted by Crippen LogP contribution is -2.50. The van der Waals surface area contributed by atoms with Crippen LogP contribution in [0.4, 0.5) is 0 Å². The molecule has 5 nitrogen and oxygen atoms in total. The fourth-order valence-electron chi connectivity index (χ4n) is 1.78. The van der Waals surface area contributed by atoms with Crippen LogP contribution in [0.5, 0.6) is 5.75 Å². The average molecular weight is 394 g/mol. The van der Waals surface area contributed by atoms with Gasteiger partial charge in [-0.05, 0) is 24.3 Å². The van der Waals surface area contributed by atoms with Gasteiger partial charge in [0.05, 0.1) is 12.0 Å². The zero-order chi connectivity index (χ0) is 17.0. The first-order valence-electron chi connectivity index (χ1n) is 6.47. The van der Waals surface area contributed by atoms with Crippen LogP contribution in [0, 0.1) is 5.41 Å². The van der Waals surface area contributed by atoms with Crippen molar-refractivity contribution in [3.05, 3.63) is 29.3 Å². The minimum absolute atomic E-state index is 0.143. The number of carbonyl (C=O) groups is 2. The van der Waals surface area contributed by atoms with Crippen molar-refractivity contribution >= 4 is 39.3 Å². The van der Waals surface area contributed by atoms with Crippen LogP contribution in [0.15, 0.2) is 24.3 Å². The molecule has 0 saturated heterocycles. The molecular formula is C15H18BrClO5. The van der Waals surface area contributed by atoms with Crippen LogP contribution in [-0.2, 0) is 19.1 Å². The van der Waals surface area contributed by atoms with E-state index in [2.05, 4.69) is 15.9 Å². The van der Waals surface area contributed by atoms with Crippen molar-refractivity contribution in [1.29, 1.82) is 0 Å². The second kappa shape index (κ2) is 7.44. The first-order chi connectivity index (χ1) is 10.1. The second-order valence-electron chi connectivity index (χ2n) is 5.33. The smallest absolute Gasteiger partial charge is 0.373 e. The van der Waals surface area contributed by atoms with Crippen molar-refractivity contribution < 1.29 is 23.8 Å². The number of benzene rings is 1. The maximum absolute atomic E-state index is 12.7. The van der Waals surface area contributed by atoms with Gasteiger partial charge in [-0.1, -0.05) is 25.4 Å². The molecule has 7 heteroatoms. The van der Waals surface area contributed by atoms with Crippen molar-refractivity contribution in [2.75, 3.05) is 13.7 Å². The van der Waals surface area contributed by atoms with Gasteiger partial charge < -0.3 is 14.2 Å². The molecule has 22 heavy (non-hydrogen) atoms. The number of methoxy groups -OCH3 is 1. The van der Waals surface area contributed by atoms with Crippen LogP contribution in [0.2, 0.25) is 5.02 Å². The standard InChI is InChI=1S/C15H18BrClO5/c1-10(18)21-15(16,13(19)14(2,3)9-20-4)22-12-7-5-11(17)6-8-12/h5-8H,9H2,1-4H3. The van der Waals surface area contributed by atoms with E-state index in [1.807, 2.05) is 0 Å². The molecule has 0 spiro atoms. The Hall–Kier alpha value is -1.11. The maximum Gasteiger partial charge on any atom is 0.373 e. The van der Waals surface area contributed by atoms with Crippen LogP contribution < -0.4 is 4.74 Å². The monoisotopic (exact) mass is 392 g/mol. The van der Waals surface area contributed by atoms with Gasteiger partial charge in [0.1, 0.15) is 5.75 Å². The highest BCUT2D eigenvalue weighted by molar-refractivity contribution is 9.10. The molecule has 0 radical (unpaired) electrons. The van der Waals surface area contributed by atoms with Gasteiger partial charge in [0.2, 0.25) is 5.78 Å². The molecule has 0 heterocycles. The number of Topliss-reactive ketones (excluding diaryl/α,β-unsaturated/α-hetero) is 1. The highest BCUT2D eigenvalue weighted by Gasteiger charge is 2.49. The van der Waals surface area contributed by atoms with E-state index < -0.39 is 21.9 Å². The summed E-state index contributed by atoms with van der Waals surface area (Å²) in [6, 6.07) is 6.34. The molecule has 0 N–H and O–H groups in total. The third-order valence-electron chi connectivity index (χ3n) is 2.73. The van der Waals surface area contributed by atoms with E-state index in [0.717, 1.165) is 0 Å². The summed E-state index contributed by atoms with van der Waals surface area (Å²) in [7, 11) is 1.48. The number of esters is 1. The van der Waals surface area contributed by atoms with Gasteiger partial charge in [0.15, 0.2) is 0 Å². The molecule has 1 rings (SSSR count). The molecule has 0 aliphatic heterocycles. The molecule has 1 unspecified atom stereocenters. The summed E-state index contributed by atoms with van der Waals surface area (Å²) >= 11 is 8.92. The third-order valence-corrected chi connectivity index (χ3v) is 3.66. The number of alkyl halides is 1. The fraction of sp³-hybridized carbons (Fsp3) is 0.467. The lowest BCUT2D eigenvalue weighted by Gasteiger charge is -2.33. The largest absolute Gasteiger partial charge is 0.437 e. The molecule has 0 aromatic heterocycles. The molecule has 0 fully saturated rings. The summed E-state index contributed by atoms with van der Waals surface area (Å²) < 4.78 is 13.8. The Labute approximate surface area is 143 Å². The van der Waals surface area contributed by atoms with Gasteiger partial charge in [-0.2, -0.15) is 0 Å². The Balaban J connectivity index is 3.11. The first-order valence-corrected chi connectivity index (χ1v) is 7.65. The number of ether oxygens (including phenoxy) is 3. The van der Waals surface area contributed by atoms with Gasteiger partial charge in [-0.25, -0.2) is 0 Å². The van der Waals surface area contributed by atoms with Crippen molar-refractivity contribution in [2.45, 2.75) is 25.5 Å². The van der Waals surface area contributed by atoms with Gasteiger partial charge in [0.25, 0.3) is 0 Å². The number of rotatable bonds is 7.